The Bertz CT molecular complexity index is 170. The highest BCUT2D eigenvalue weighted by Gasteiger charge is 2.14. The Morgan fingerprint density at radius 3 is 2.56 bits per heavy atom. The van der Waals surface area contributed by atoms with Crippen LogP contribution in [0, 0.1) is 5.92 Å². The molecule has 1 aliphatic heterocycles. The van der Waals surface area contributed by atoms with E-state index < -0.39 is 6.10 Å². The van der Waals surface area contributed by atoms with E-state index in [1.54, 1.807) is 0 Å². The van der Waals surface area contributed by atoms with Crippen LogP contribution in [0.2, 0.25) is 0 Å². The SMILES string of the molecule is CC(C)OCC(O)COCC1CCNCC1. The van der Waals surface area contributed by atoms with Gasteiger partial charge in [0.25, 0.3) is 0 Å². The van der Waals surface area contributed by atoms with E-state index in [1.807, 2.05) is 13.8 Å². The molecule has 4 heteroatoms. The third-order valence-corrected chi connectivity index (χ3v) is 2.74. The first-order valence-electron chi connectivity index (χ1n) is 6.26. The molecule has 4 nitrogen and oxygen atoms in total. The zero-order valence-corrected chi connectivity index (χ0v) is 10.4. The Kier molecular flexibility index (Phi) is 6.96. The topological polar surface area (TPSA) is 50.7 Å². The third kappa shape index (κ3) is 6.43. The molecule has 0 bridgehead atoms. The van der Waals surface area contributed by atoms with Crippen molar-refractivity contribution in [3.8, 4) is 0 Å². The van der Waals surface area contributed by atoms with Crippen molar-refractivity contribution in [2.45, 2.75) is 38.9 Å². The van der Waals surface area contributed by atoms with Gasteiger partial charge in [-0.1, -0.05) is 0 Å². The lowest BCUT2D eigenvalue weighted by atomic mass is 9.99. The van der Waals surface area contributed by atoms with Crippen molar-refractivity contribution in [2.24, 2.45) is 5.92 Å². The van der Waals surface area contributed by atoms with Crippen LogP contribution in [0.3, 0.4) is 0 Å². The van der Waals surface area contributed by atoms with Crippen LogP contribution in [0.1, 0.15) is 26.7 Å². The van der Waals surface area contributed by atoms with Gasteiger partial charge < -0.3 is 19.9 Å². The summed E-state index contributed by atoms with van der Waals surface area (Å²) in [7, 11) is 0. The van der Waals surface area contributed by atoms with Gasteiger partial charge in [0, 0.05) is 6.61 Å². The minimum absolute atomic E-state index is 0.166. The highest BCUT2D eigenvalue weighted by molar-refractivity contribution is 4.68. The summed E-state index contributed by atoms with van der Waals surface area (Å²) in [5.74, 6) is 0.652. The summed E-state index contributed by atoms with van der Waals surface area (Å²) < 4.78 is 10.8. The van der Waals surface area contributed by atoms with E-state index in [-0.39, 0.29) is 6.10 Å². The van der Waals surface area contributed by atoms with E-state index in [0.717, 1.165) is 19.7 Å². The number of aliphatic hydroxyl groups is 1. The number of hydrogen-bond acceptors (Lipinski definition) is 4. The molecule has 0 radical (unpaired) electrons. The van der Waals surface area contributed by atoms with E-state index in [9.17, 15) is 5.11 Å². The normalized spacial score (nSPS) is 20.2. The molecular formula is C12H25NO3. The van der Waals surface area contributed by atoms with Gasteiger partial charge in [-0.05, 0) is 45.7 Å². The summed E-state index contributed by atoms with van der Waals surface area (Å²) in [6.07, 6.45) is 2.03. The summed E-state index contributed by atoms with van der Waals surface area (Å²) in [5.41, 5.74) is 0. The summed E-state index contributed by atoms with van der Waals surface area (Å²) in [6, 6.07) is 0. The fourth-order valence-electron chi connectivity index (χ4n) is 1.77. The van der Waals surface area contributed by atoms with E-state index in [1.165, 1.54) is 12.8 Å². The predicted octanol–water partition coefficient (Wildman–Crippen LogP) is 0.788. The first-order valence-corrected chi connectivity index (χ1v) is 6.26. The smallest absolute Gasteiger partial charge is 0.101 e. The molecule has 0 saturated carbocycles. The number of hydrogen-bond donors (Lipinski definition) is 2. The second-order valence-corrected chi connectivity index (χ2v) is 4.77. The Morgan fingerprint density at radius 1 is 1.25 bits per heavy atom. The number of nitrogens with one attached hydrogen (secondary N) is 1. The standard InChI is InChI=1S/C12H25NO3/c1-10(2)16-9-12(14)8-15-7-11-3-5-13-6-4-11/h10-14H,3-9H2,1-2H3. The summed E-state index contributed by atoms with van der Waals surface area (Å²) in [6.45, 7) is 7.62. The lowest BCUT2D eigenvalue weighted by molar-refractivity contribution is -0.0423. The largest absolute Gasteiger partial charge is 0.388 e. The van der Waals surface area contributed by atoms with Crippen LogP contribution < -0.4 is 5.32 Å². The van der Waals surface area contributed by atoms with Gasteiger partial charge in [0.05, 0.1) is 19.3 Å². The molecule has 16 heavy (non-hydrogen) atoms. The molecule has 1 fully saturated rings. The molecule has 1 rings (SSSR count). The monoisotopic (exact) mass is 231 g/mol. The van der Waals surface area contributed by atoms with E-state index in [2.05, 4.69) is 5.32 Å². The van der Waals surface area contributed by atoms with Gasteiger partial charge in [0.2, 0.25) is 0 Å². The summed E-state index contributed by atoms with van der Waals surface area (Å²) in [4.78, 5) is 0. The molecule has 1 unspecified atom stereocenters. The van der Waals surface area contributed by atoms with Crippen LogP contribution in [-0.2, 0) is 9.47 Å². The molecule has 0 aliphatic carbocycles. The maximum atomic E-state index is 9.57. The fraction of sp³-hybridized carbons (Fsp3) is 1.00. The average molecular weight is 231 g/mol. The van der Waals surface area contributed by atoms with Crippen LogP contribution in [0.4, 0.5) is 0 Å². The molecule has 1 saturated heterocycles. The minimum atomic E-state index is -0.496. The Balaban J connectivity index is 1.96. The second-order valence-electron chi connectivity index (χ2n) is 4.77. The maximum Gasteiger partial charge on any atom is 0.101 e. The van der Waals surface area contributed by atoms with Gasteiger partial charge in [0.1, 0.15) is 6.10 Å². The molecule has 1 atom stereocenters. The Hall–Kier alpha value is -0.160. The number of aliphatic hydroxyl groups excluding tert-OH is 1. The van der Waals surface area contributed by atoms with E-state index in [0.29, 0.717) is 19.1 Å². The predicted molar refractivity (Wildman–Crippen MR) is 63.5 cm³/mol. The van der Waals surface area contributed by atoms with Crippen LogP contribution in [0.5, 0.6) is 0 Å². The van der Waals surface area contributed by atoms with Crippen molar-refractivity contribution in [3.05, 3.63) is 0 Å². The maximum absolute atomic E-state index is 9.57. The molecular weight excluding hydrogens is 206 g/mol. The van der Waals surface area contributed by atoms with E-state index >= 15 is 0 Å². The number of piperidine rings is 1. The highest BCUT2D eigenvalue weighted by Crippen LogP contribution is 2.11. The summed E-state index contributed by atoms with van der Waals surface area (Å²) >= 11 is 0. The van der Waals surface area contributed by atoms with Gasteiger partial charge in [-0.2, -0.15) is 0 Å². The van der Waals surface area contributed by atoms with Crippen molar-refractivity contribution in [1.82, 2.24) is 5.32 Å². The van der Waals surface area contributed by atoms with Crippen LogP contribution in [-0.4, -0.2) is 50.2 Å². The zero-order valence-electron chi connectivity index (χ0n) is 10.4. The third-order valence-electron chi connectivity index (χ3n) is 2.74. The fourth-order valence-corrected chi connectivity index (χ4v) is 1.77. The average Bonchev–Trinajstić information content (AvgIpc) is 2.28. The quantitative estimate of drug-likeness (QED) is 0.680. The zero-order chi connectivity index (χ0) is 11.8. The first-order chi connectivity index (χ1) is 7.68. The molecule has 0 aromatic carbocycles. The molecule has 0 amide bonds. The Labute approximate surface area is 98.3 Å². The Morgan fingerprint density at radius 2 is 1.94 bits per heavy atom. The minimum Gasteiger partial charge on any atom is -0.388 e. The molecule has 0 spiro atoms. The van der Waals surface area contributed by atoms with Gasteiger partial charge in [-0.25, -0.2) is 0 Å². The van der Waals surface area contributed by atoms with Crippen LogP contribution in [0.15, 0.2) is 0 Å². The summed E-state index contributed by atoms with van der Waals surface area (Å²) in [5, 5.41) is 12.9. The molecule has 0 aromatic rings. The van der Waals surface area contributed by atoms with Crippen molar-refractivity contribution in [2.75, 3.05) is 32.9 Å². The van der Waals surface area contributed by atoms with Crippen LogP contribution in [0.25, 0.3) is 0 Å². The lowest BCUT2D eigenvalue weighted by Crippen LogP contribution is -2.31. The molecule has 1 heterocycles. The first kappa shape index (κ1) is 13.9. The van der Waals surface area contributed by atoms with Crippen molar-refractivity contribution >= 4 is 0 Å². The van der Waals surface area contributed by atoms with Crippen molar-refractivity contribution in [3.63, 3.8) is 0 Å². The van der Waals surface area contributed by atoms with Gasteiger partial charge in [0.15, 0.2) is 0 Å². The number of rotatable bonds is 7. The molecule has 0 aromatic heterocycles. The molecule has 1 aliphatic rings. The molecule has 96 valence electrons. The van der Waals surface area contributed by atoms with Crippen LogP contribution >= 0.6 is 0 Å². The van der Waals surface area contributed by atoms with Gasteiger partial charge in [-0.3, -0.25) is 0 Å². The second kappa shape index (κ2) is 8.01. The highest BCUT2D eigenvalue weighted by atomic mass is 16.5. The van der Waals surface area contributed by atoms with E-state index in [4.69, 9.17) is 9.47 Å². The van der Waals surface area contributed by atoms with Gasteiger partial charge in [-0.15, -0.1) is 0 Å². The van der Waals surface area contributed by atoms with Gasteiger partial charge >= 0.3 is 0 Å². The van der Waals surface area contributed by atoms with Crippen molar-refractivity contribution < 1.29 is 14.6 Å². The molecule has 2 N–H and O–H groups in total. The lowest BCUT2D eigenvalue weighted by Gasteiger charge is -2.23. The van der Waals surface area contributed by atoms with Crippen molar-refractivity contribution in [1.29, 1.82) is 0 Å². The number of ether oxygens (including phenoxy) is 2.